The molecule has 1 rings (SSSR count). The van der Waals surface area contributed by atoms with Crippen molar-refractivity contribution in [1.82, 2.24) is 5.32 Å². The standard InChI is InChI=1S/C10H17NO5/c1-9(2,3)16-8(15)10(7(13)14)4-6(12)5-11-10/h6,11-12H,4-5H2,1-3H3,(H,13,14)/t6?,10-/m0/s1. The van der Waals surface area contributed by atoms with Crippen LogP contribution in [0.15, 0.2) is 0 Å². The highest BCUT2D eigenvalue weighted by atomic mass is 16.6. The Kier molecular flexibility index (Phi) is 3.25. The number of aliphatic hydroxyl groups is 1. The second-order valence-electron chi connectivity index (χ2n) is 4.95. The number of esters is 1. The van der Waals surface area contributed by atoms with Crippen LogP contribution in [0.3, 0.4) is 0 Å². The quantitative estimate of drug-likeness (QED) is 0.438. The highest BCUT2D eigenvalue weighted by molar-refractivity contribution is 6.04. The van der Waals surface area contributed by atoms with Gasteiger partial charge in [-0.3, -0.25) is 5.32 Å². The van der Waals surface area contributed by atoms with Crippen molar-refractivity contribution in [2.45, 2.75) is 44.4 Å². The Labute approximate surface area is 93.6 Å². The van der Waals surface area contributed by atoms with Gasteiger partial charge in [-0.1, -0.05) is 0 Å². The molecular weight excluding hydrogens is 214 g/mol. The third-order valence-corrected chi connectivity index (χ3v) is 2.29. The first kappa shape index (κ1) is 12.9. The molecule has 0 amide bonds. The molecule has 0 aromatic heterocycles. The lowest BCUT2D eigenvalue weighted by molar-refractivity contribution is -0.170. The predicted molar refractivity (Wildman–Crippen MR) is 54.8 cm³/mol. The molecule has 1 fully saturated rings. The molecule has 1 unspecified atom stereocenters. The number of hydrogen-bond acceptors (Lipinski definition) is 5. The molecule has 16 heavy (non-hydrogen) atoms. The Morgan fingerprint density at radius 3 is 2.31 bits per heavy atom. The van der Waals surface area contributed by atoms with Crippen molar-refractivity contribution in [2.24, 2.45) is 0 Å². The summed E-state index contributed by atoms with van der Waals surface area (Å²) in [6, 6.07) is 0. The van der Waals surface area contributed by atoms with E-state index in [1.54, 1.807) is 20.8 Å². The number of carbonyl (C=O) groups excluding carboxylic acids is 1. The molecular formula is C10H17NO5. The van der Waals surface area contributed by atoms with E-state index in [1.165, 1.54) is 0 Å². The van der Waals surface area contributed by atoms with Gasteiger partial charge in [0.05, 0.1) is 6.10 Å². The van der Waals surface area contributed by atoms with Gasteiger partial charge in [-0.05, 0) is 20.8 Å². The molecule has 1 heterocycles. The Hall–Kier alpha value is -1.14. The van der Waals surface area contributed by atoms with E-state index in [1.807, 2.05) is 0 Å². The minimum Gasteiger partial charge on any atom is -0.479 e. The van der Waals surface area contributed by atoms with Gasteiger partial charge < -0.3 is 14.9 Å². The number of β-amino-alcohol motifs (C(OH)–C–C–N with tert-alkyl or cyclic N) is 1. The average Bonchev–Trinajstić information content (AvgIpc) is 2.45. The first-order chi connectivity index (χ1) is 7.17. The summed E-state index contributed by atoms with van der Waals surface area (Å²) in [5, 5.41) is 20.9. The van der Waals surface area contributed by atoms with Gasteiger partial charge in [0, 0.05) is 13.0 Å². The van der Waals surface area contributed by atoms with Crippen LogP contribution in [0.5, 0.6) is 0 Å². The lowest BCUT2D eigenvalue weighted by Gasteiger charge is -2.27. The molecule has 0 aromatic rings. The SMILES string of the molecule is CC(C)(C)OC(=O)[C@@]1(C(=O)O)CC(O)CN1. The first-order valence-corrected chi connectivity index (χ1v) is 5.07. The largest absolute Gasteiger partial charge is 0.479 e. The van der Waals surface area contributed by atoms with Gasteiger partial charge in [-0.15, -0.1) is 0 Å². The van der Waals surface area contributed by atoms with Crippen molar-refractivity contribution < 1.29 is 24.5 Å². The van der Waals surface area contributed by atoms with Crippen LogP contribution in [0.25, 0.3) is 0 Å². The fourth-order valence-electron chi connectivity index (χ4n) is 1.56. The molecule has 0 aromatic carbocycles. The molecule has 0 radical (unpaired) electrons. The molecule has 0 spiro atoms. The maximum Gasteiger partial charge on any atom is 0.338 e. The average molecular weight is 231 g/mol. The van der Waals surface area contributed by atoms with E-state index in [0.29, 0.717) is 0 Å². The van der Waals surface area contributed by atoms with Crippen LogP contribution in [0.4, 0.5) is 0 Å². The summed E-state index contributed by atoms with van der Waals surface area (Å²) in [4.78, 5) is 22.9. The van der Waals surface area contributed by atoms with Gasteiger partial charge in [0.2, 0.25) is 5.54 Å². The third-order valence-electron chi connectivity index (χ3n) is 2.29. The van der Waals surface area contributed by atoms with E-state index in [2.05, 4.69) is 5.32 Å². The van der Waals surface area contributed by atoms with Crippen LogP contribution < -0.4 is 5.32 Å². The first-order valence-electron chi connectivity index (χ1n) is 5.07. The summed E-state index contributed by atoms with van der Waals surface area (Å²) in [5.41, 5.74) is -2.57. The van der Waals surface area contributed by atoms with Crippen LogP contribution in [-0.2, 0) is 14.3 Å². The zero-order valence-electron chi connectivity index (χ0n) is 9.61. The minimum absolute atomic E-state index is 0.0749. The minimum atomic E-state index is -1.81. The molecule has 0 aliphatic carbocycles. The zero-order chi connectivity index (χ0) is 12.6. The lowest BCUT2D eigenvalue weighted by Crippen LogP contribution is -2.56. The lowest BCUT2D eigenvalue weighted by atomic mass is 9.96. The van der Waals surface area contributed by atoms with Crippen molar-refractivity contribution in [3.63, 3.8) is 0 Å². The predicted octanol–water partition coefficient (Wildman–Crippen LogP) is -0.494. The van der Waals surface area contributed by atoms with Gasteiger partial charge in [0.1, 0.15) is 5.60 Å². The summed E-state index contributed by atoms with van der Waals surface area (Å²) in [6.45, 7) is 5.05. The van der Waals surface area contributed by atoms with Crippen molar-refractivity contribution in [2.75, 3.05) is 6.54 Å². The zero-order valence-corrected chi connectivity index (χ0v) is 9.61. The fraction of sp³-hybridized carbons (Fsp3) is 0.800. The molecule has 1 aliphatic heterocycles. The number of ether oxygens (including phenoxy) is 1. The molecule has 2 atom stereocenters. The number of nitrogens with one attached hydrogen (secondary N) is 1. The Morgan fingerprint density at radius 1 is 1.44 bits per heavy atom. The molecule has 1 aliphatic rings. The summed E-state index contributed by atoms with van der Waals surface area (Å²) in [5.74, 6) is -2.18. The van der Waals surface area contributed by atoms with Crippen molar-refractivity contribution in [3.8, 4) is 0 Å². The topological polar surface area (TPSA) is 95.9 Å². The number of carbonyl (C=O) groups is 2. The normalized spacial score (nSPS) is 30.1. The van der Waals surface area contributed by atoms with Crippen LogP contribution in [0.2, 0.25) is 0 Å². The summed E-state index contributed by atoms with van der Waals surface area (Å²) in [6.07, 6.45) is -1.01. The second-order valence-corrected chi connectivity index (χ2v) is 4.95. The summed E-state index contributed by atoms with van der Waals surface area (Å²) >= 11 is 0. The van der Waals surface area contributed by atoms with Gasteiger partial charge in [-0.25, -0.2) is 9.59 Å². The van der Waals surface area contributed by atoms with Crippen LogP contribution in [0.1, 0.15) is 27.2 Å². The molecule has 92 valence electrons. The van der Waals surface area contributed by atoms with E-state index in [-0.39, 0.29) is 13.0 Å². The molecule has 0 bridgehead atoms. The van der Waals surface area contributed by atoms with Crippen molar-refractivity contribution in [1.29, 1.82) is 0 Å². The maximum absolute atomic E-state index is 11.8. The highest BCUT2D eigenvalue weighted by Gasteiger charge is 2.53. The summed E-state index contributed by atoms with van der Waals surface area (Å²) < 4.78 is 5.04. The second kappa shape index (κ2) is 4.03. The van der Waals surface area contributed by atoms with E-state index in [9.17, 15) is 14.7 Å². The van der Waals surface area contributed by atoms with E-state index in [0.717, 1.165) is 0 Å². The highest BCUT2D eigenvalue weighted by Crippen LogP contribution is 2.24. The Balaban J connectivity index is 2.88. The van der Waals surface area contributed by atoms with E-state index < -0.39 is 29.2 Å². The number of rotatable bonds is 2. The molecule has 6 heteroatoms. The number of hydrogen-bond donors (Lipinski definition) is 3. The smallest absolute Gasteiger partial charge is 0.338 e. The molecule has 3 N–H and O–H groups in total. The molecule has 1 saturated heterocycles. The number of aliphatic hydroxyl groups excluding tert-OH is 1. The van der Waals surface area contributed by atoms with Gasteiger partial charge in [0.15, 0.2) is 0 Å². The Bertz CT molecular complexity index is 309. The van der Waals surface area contributed by atoms with Crippen molar-refractivity contribution >= 4 is 11.9 Å². The van der Waals surface area contributed by atoms with E-state index >= 15 is 0 Å². The van der Waals surface area contributed by atoms with E-state index in [4.69, 9.17) is 9.84 Å². The number of carboxylic acids is 1. The Morgan fingerprint density at radius 2 is 2.00 bits per heavy atom. The molecule has 0 saturated carbocycles. The monoisotopic (exact) mass is 231 g/mol. The maximum atomic E-state index is 11.8. The number of aliphatic carboxylic acids is 1. The van der Waals surface area contributed by atoms with Gasteiger partial charge in [-0.2, -0.15) is 0 Å². The van der Waals surface area contributed by atoms with Gasteiger partial charge >= 0.3 is 11.9 Å². The third kappa shape index (κ3) is 2.51. The fourth-order valence-corrected chi connectivity index (χ4v) is 1.56. The molecule has 6 nitrogen and oxygen atoms in total. The number of carboxylic acid groups (broad SMARTS) is 1. The van der Waals surface area contributed by atoms with Crippen LogP contribution in [-0.4, -0.2) is 45.9 Å². The van der Waals surface area contributed by atoms with Crippen molar-refractivity contribution in [3.05, 3.63) is 0 Å². The van der Waals surface area contributed by atoms with Crippen LogP contribution in [0, 0.1) is 0 Å². The van der Waals surface area contributed by atoms with Gasteiger partial charge in [0.25, 0.3) is 0 Å². The van der Waals surface area contributed by atoms with Crippen LogP contribution >= 0.6 is 0 Å². The summed E-state index contributed by atoms with van der Waals surface area (Å²) in [7, 11) is 0.